The summed E-state index contributed by atoms with van der Waals surface area (Å²) >= 11 is 3.14. The molecule has 0 atom stereocenters. The molecule has 0 spiro atoms. The Hall–Kier alpha value is -0.320. The van der Waals surface area contributed by atoms with Gasteiger partial charge in [-0.15, -0.1) is 23.5 Å². The van der Waals surface area contributed by atoms with Crippen molar-refractivity contribution in [1.82, 2.24) is 10.2 Å². The van der Waals surface area contributed by atoms with Crippen molar-refractivity contribution < 1.29 is 33.6 Å². The summed E-state index contributed by atoms with van der Waals surface area (Å²) in [6.45, 7) is 20.6. The fourth-order valence-electron chi connectivity index (χ4n) is 3.63. The predicted molar refractivity (Wildman–Crippen MR) is 142 cm³/mol. The maximum absolute atomic E-state index is 12.1. The van der Waals surface area contributed by atoms with E-state index in [4.69, 9.17) is 16.7 Å². The largest absolute Gasteiger partial charge is 0.452 e. The van der Waals surface area contributed by atoms with Gasteiger partial charge in [-0.1, -0.05) is 79.4 Å². The monoisotopic (exact) mass is 594 g/mol. The summed E-state index contributed by atoms with van der Waals surface area (Å²) in [6.07, 6.45) is 1.68. The lowest BCUT2D eigenvalue weighted by Crippen LogP contribution is -2.25. The number of rotatable bonds is 14. The van der Waals surface area contributed by atoms with E-state index in [-0.39, 0.29) is 32.2 Å². The molecule has 0 saturated heterocycles. The van der Waals surface area contributed by atoms with E-state index in [0.29, 0.717) is 11.3 Å². The Morgan fingerprint density at radius 1 is 0.657 bits per heavy atom. The molecule has 0 aliphatic carbocycles. The highest BCUT2D eigenvalue weighted by Gasteiger charge is 2.29. The Kier molecular flexibility index (Phi) is 11.2. The van der Waals surface area contributed by atoms with Gasteiger partial charge in [0.2, 0.25) is 0 Å². The molecule has 206 valence electrons. The van der Waals surface area contributed by atoms with Crippen molar-refractivity contribution >= 4 is 55.7 Å². The number of hydrogen-bond acceptors (Lipinski definition) is 13. The molecule has 1 heterocycles. The minimum atomic E-state index is -4.43. The van der Waals surface area contributed by atoms with Crippen molar-refractivity contribution in [2.24, 2.45) is 10.8 Å². The molecule has 0 radical (unpaired) electrons. The van der Waals surface area contributed by atoms with Crippen molar-refractivity contribution in [2.75, 3.05) is 11.9 Å². The van der Waals surface area contributed by atoms with E-state index in [2.05, 4.69) is 51.7 Å². The van der Waals surface area contributed by atoms with Crippen molar-refractivity contribution in [3.63, 3.8) is 0 Å². The Morgan fingerprint density at radius 2 is 0.971 bits per heavy atom. The summed E-state index contributed by atoms with van der Waals surface area (Å²) in [4.78, 5) is 0. The molecule has 0 aliphatic heterocycles. The van der Waals surface area contributed by atoms with Crippen molar-refractivity contribution in [3.8, 4) is 10.4 Å². The predicted octanol–water partition coefficient (Wildman–Crippen LogP) is 5.63. The van der Waals surface area contributed by atoms with Crippen LogP contribution in [0.1, 0.15) is 82.1 Å². The SMILES string of the molecule is CC(C)(C)CC(C)(C)SCOS(=O)(=O)Oc1nnc(OS(=O)(=O)OCSC(C)(C)CC(C)(C)C)s1. The fraction of sp³-hybridized carbons (Fsp3) is 0.900. The lowest BCUT2D eigenvalue weighted by molar-refractivity contribution is 0.308. The van der Waals surface area contributed by atoms with E-state index in [1.165, 1.54) is 23.5 Å². The lowest BCUT2D eigenvalue weighted by Gasteiger charge is -2.31. The van der Waals surface area contributed by atoms with E-state index >= 15 is 0 Å². The molecule has 15 heteroatoms. The Morgan fingerprint density at radius 3 is 1.26 bits per heavy atom. The van der Waals surface area contributed by atoms with E-state index in [0.717, 1.165) is 12.8 Å². The quantitative estimate of drug-likeness (QED) is 0.247. The molecule has 1 aromatic heterocycles. The molecule has 0 fully saturated rings. The summed E-state index contributed by atoms with van der Waals surface area (Å²) in [6, 6.07) is 0. The van der Waals surface area contributed by atoms with Crippen LogP contribution in [0.25, 0.3) is 0 Å². The number of nitrogens with zero attached hydrogens (tertiary/aromatic N) is 2. The molecule has 0 aromatic carbocycles. The summed E-state index contributed by atoms with van der Waals surface area (Å²) in [5, 5.41) is 6.06. The van der Waals surface area contributed by atoms with Gasteiger partial charge in [0, 0.05) is 9.49 Å². The molecule has 10 nitrogen and oxygen atoms in total. The van der Waals surface area contributed by atoms with E-state index in [1.54, 1.807) is 0 Å². The third-order valence-corrected chi connectivity index (χ3v) is 8.98. The molecule has 0 saturated carbocycles. The second-order valence-electron chi connectivity index (χ2n) is 11.6. The van der Waals surface area contributed by atoms with E-state index in [1.807, 2.05) is 27.7 Å². The van der Waals surface area contributed by atoms with Crippen LogP contribution < -0.4 is 8.37 Å². The molecular formula is C20H38N2O8S5. The fourth-order valence-corrected chi connectivity index (χ4v) is 8.26. The summed E-state index contributed by atoms with van der Waals surface area (Å²) in [5.41, 5.74) is 0.139. The third-order valence-electron chi connectivity index (χ3n) is 3.93. The van der Waals surface area contributed by atoms with Gasteiger partial charge in [-0.3, -0.25) is 0 Å². The standard InChI is InChI=1S/C20H38N2O8S5/c1-17(2,3)11-19(7,8)31-13-27-34(23,24)29-15-21-22-16(33-15)30-35(25,26)28-14-32-20(9,10)12-18(4,5)6/h11-14H2,1-10H3. The molecule has 0 unspecified atom stereocenters. The van der Waals surface area contributed by atoms with E-state index < -0.39 is 31.2 Å². The van der Waals surface area contributed by atoms with Crippen LogP contribution in [0.15, 0.2) is 0 Å². The van der Waals surface area contributed by atoms with Crippen molar-refractivity contribution in [1.29, 1.82) is 0 Å². The Balaban J connectivity index is 2.58. The maximum Gasteiger partial charge on any atom is 0.452 e. The molecule has 0 N–H and O–H groups in total. The minimum Gasteiger partial charge on any atom is -0.329 e. The van der Waals surface area contributed by atoms with Crippen LogP contribution in [0.4, 0.5) is 0 Å². The average Bonchev–Trinajstić information content (AvgIpc) is 2.94. The van der Waals surface area contributed by atoms with Gasteiger partial charge in [0.05, 0.1) is 0 Å². The first kappa shape index (κ1) is 32.7. The second kappa shape index (κ2) is 12.0. The zero-order valence-corrected chi connectivity index (χ0v) is 26.1. The van der Waals surface area contributed by atoms with Crippen LogP contribution in [0.2, 0.25) is 0 Å². The molecule has 0 amide bonds. The first-order valence-corrected chi connectivity index (χ1v) is 16.2. The highest BCUT2D eigenvalue weighted by Crippen LogP contribution is 2.38. The topological polar surface area (TPSA) is 131 Å². The van der Waals surface area contributed by atoms with Gasteiger partial charge in [0.25, 0.3) is 0 Å². The van der Waals surface area contributed by atoms with Crippen molar-refractivity contribution in [2.45, 2.75) is 91.6 Å². The maximum atomic E-state index is 12.1. The molecule has 35 heavy (non-hydrogen) atoms. The highest BCUT2D eigenvalue weighted by molar-refractivity contribution is 8.01. The van der Waals surface area contributed by atoms with E-state index in [9.17, 15) is 16.8 Å². The second-order valence-corrected chi connectivity index (χ2v) is 18.2. The van der Waals surface area contributed by atoms with Gasteiger partial charge in [0.15, 0.2) is 0 Å². The zero-order chi connectivity index (χ0) is 27.3. The van der Waals surface area contributed by atoms with Crippen molar-refractivity contribution in [3.05, 3.63) is 0 Å². The number of thioether (sulfide) groups is 2. The molecule has 1 aromatic rings. The van der Waals surface area contributed by atoms with Gasteiger partial charge in [-0.2, -0.15) is 16.8 Å². The van der Waals surface area contributed by atoms with Crippen LogP contribution in [0, 0.1) is 10.8 Å². The first-order valence-electron chi connectivity index (χ1n) is 10.8. The average molecular weight is 595 g/mol. The number of aromatic nitrogens is 2. The van der Waals surface area contributed by atoms with Gasteiger partial charge in [-0.05, 0) is 35.0 Å². The van der Waals surface area contributed by atoms with Crippen LogP contribution in [-0.2, 0) is 29.2 Å². The van der Waals surface area contributed by atoms with Crippen LogP contribution in [0.3, 0.4) is 0 Å². The smallest absolute Gasteiger partial charge is 0.329 e. The number of hydrogen-bond donors (Lipinski definition) is 0. The van der Waals surface area contributed by atoms with Gasteiger partial charge < -0.3 is 8.37 Å². The lowest BCUT2D eigenvalue weighted by atomic mass is 9.86. The van der Waals surface area contributed by atoms with Gasteiger partial charge in [-0.25, -0.2) is 8.37 Å². The summed E-state index contributed by atoms with van der Waals surface area (Å²) < 4.78 is 67.2. The third kappa shape index (κ3) is 15.5. The van der Waals surface area contributed by atoms with Crippen LogP contribution in [0.5, 0.6) is 10.4 Å². The van der Waals surface area contributed by atoms with Gasteiger partial charge in [0.1, 0.15) is 11.9 Å². The zero-order valence-electron chi connectivity index (χ0n) is 22.0. The Bertz CT molecular complexity index is 942. The molecule has 0 bridgehead atoms. The van der Waals surface area contributed by atoms with Crippen LogP contribution >= 0.6 is 34.9 Å². The first-order chi connectivity index (χ1) is 15.5. The summed E-state index contributed by atoms with van der Waals surface area (Å²) in [7, 11) is -8.86. The molecule has 0 aliphatic rings. The summed E-state index contributed by atoms with van der Waals surface area (Å²) in [5.74, 6) is -0.307. The molecular weight excluding hydrogens is 557 g/mol. The Labute approximate surface area is 223 Å². The molecule has 1 rings (SSSR count). The van der Waals surface area contributed by atoms with Crippen LogP contribution in [-0.4, -0.2) is 48.4 Å². The minimum absolute atomic E-state index is 0.0696. The highest BCUT2D eigenvalue weighted by atomic mass is 32.3. The normalized spacial score (nSPS) is 14.2. The van der Waals surface area contributed by atoms with Gasteiger partial charge >= 0.3 is 31.2 Å².